The SMILES string of the molecule is O=C(NCCCn1ccnn1)Nc1ccc2c(c1)OCO2. The maximum atomic E-state index is 11.7. The number of urea groups is 1. The third-order valence-corrected chi connectivity index (χ3v) is 2.95. The van der Waals surface area contributed by atoms with Gasteiger partial charge in [-0.3, -0.25) is 4.68 Å². The van der Waals surface area contributed by atoms with Gasteiger partial charge in [0.05, 0.1) is 6.20 Å². The number of aryl methyl sites for hydroxylation is 1. The first kappa shape index (κ1) is 13.2. The fourth-order valence-electron chi connectivity index (χ4n) is 1.94. The van der Waals surface area contributed by atoms with Crippen LogP contribution in [0.3, 0.4) is 0 Å². The van der Waals surface area contributed by atoms with E-state index in [9.17, 15) is 4.79 Å². The van der Waals surface area contributed by atoms with E-state index in [1.165, 1.54) is 0 Å². The van der Waals surface area contributed by atoms with Crippen molar-refractivity contribution in [1.29, 1.82) is 0 Å². The molecule has 2 amide bonds. The van der Waals surface area contributed by atoms with Crippen LogP contribution in [0.2, 0.25) is 0 Å². The van der Waals surface area contributed by atoms with Gasteiger partial charge in [0.25, 0.3) is 0 Å². The van der Waals surface area contributed by atoms with E-state index >= 15 is 0 Å². The van der Waals surface area contributed by atoms with Crippen LogP contribution in [0.15, 0.2) is 30.6 Å². The van der Waals surface area contributed by atoms with Crippen LogP contribution in [-0.4, -0.2) is 34.4 Å². The third kappa shape index (κ3) is 3.41. The van der Waals surface area contributed by atoms with Crippen LogP contribution in [0.5, 0.6) is 11.5 Å². The summed E-state index contributed by atoms with van der Waals surface area (Å²) in [5.74, 6) is 1.33. The molecule has 0 atom stereocenters. The summed E-state index contributed by atoms with van der Waals surface area (Å²) >= 11 is 0. The standard InChI is InChI=1S/C13H15N5O3/c19-13(14-4-1-6-18-7-5-15-17-18)16-10-2-3-11-12(8-10)21-9-20-11/h2-3,5,7-8H,1,4,6,9H2,(H2,14,16,19). The molecule has 1 aliphatic rings. The van der Waals surface area contributed by atoms with E-state index in [1.54, 1.807) is 35.3 Å². The number of nitrogens with zero attached hydrogens (tertiary/aromatic N) is 3. The lowest BCUT2D eigenvalue weighted by Gasteiger charge is -2.08. The first-order valence-electron chi connectivity index (χ1n) is 6.60. The van der Waals surface area contributed by atoms with Crippen LogP contribution in [0.4, 0.5) is 10.5 Å². The van der Waals surface area contributed by atoms with Crippen LogP contribution >= 0.6 is 0 Å². The highest BCUT2D eigenvalue weighted by Gasteiger charge is 2.13. The minimum atomic E-state index is -0.257. The lowest BCUT2D eigenvalue weighted by molar-refractivity contribution is 0.174. The second-order valence-corrected chi connectivity index (χ2v) is 4.47. The fraction of sp³-hybridized carbons (Fsp3) is 0.308. The van der Waals surface area contributed by atoms with Gasteiger partial charge in [-0.25, -0.2) is 4.79 Å². The summed E-state index contributed by atoms with van der Waals surface area (Å²) in [4.78, 5) is 11.7. The summed E-state index contributed by atoms with van der Waals surface area (Å²) in [7, 11) is 0. The first-order chi connectivity index (χ1) is 10.3. The zero-order valence-electron chi connectivity index (χ0n) is 11.3. The molecule has 8 nitrogen and oxygen atoms in total. The number of ether oxygens (including phenoxy) is 2. The molecule has 8 heteroatoms. The molecule has 0 bridgehead atoms. The van der Waals surface area contributed by atoms with Crippen LogP contribution in [0, 0.1) is 0 Å². The van der Waals surface area contributed by atoms with E-state index in [4.69, 9.17) is 9.47 Å². The molecule has 2 aromatic rings. The molecule has 21 heavy (non-hydrogen) atoms. The van der Waals surface area contributed by atoms with Crippen molar-refractivity contribution in [1.82, 2.24) is 20.3 Å². The molecular weight excluding hydrogens is 274 g/mol. The molecule has 2 N–H and O–H groups in total. The Morgan fingerprint density at radius 3 is 3.10 bits per heavy atom. The van der Waals surface area contributed by atoms with Gasteiger partial charge >= 0.3 is 6.03 Å². The van der Waals surface area contributed by atoms with Gasteiger partial charge in [-0.1, -0.05) is 5.21 Å². The van der Waals surface area contributed by atoms with Crippen molar-refractivity contribution in [2.45, 2.75) is 13.0 Å². The van der Waals surface area contributed by atoms with Crippen LogP contribution in [0.1, 0.15) is 6.42 Å². The van der Waals surface area contributed by atoms with Gasteiger partial charge < -0.3 is 20.1 Å². The van der Waals surface area contributed by atoms with Gasteiger partial charge in [-0.15, -0.1) is 5.10 Å². The van der Waals surface area contributed by atoms with E-state index in [0.29, 0.717) is 30.3 Å². The predicted molar refractivity (Wildman–Crippen MR) is 74.2 cm³/mol. The number of amides is 2. The Hall–Kier alpha value is -2.77. The second-order valence-electron chi connectivity index (χ2n) is 4.47. The van der Waals surface area contributed by atoms with Gasteiger partial charge in [-0.2, -0.15) is 0 Å². The number of carbonyl (C=O) groups is 1. The van der Waals surface area contributed by atoms with Gasteiger partial charge in [-0.05, 0) is 18.6 Å². The molecule has 0 saturated heterocycles. The number of fused-ring (bicyclic) bond motifs is 1. The van der Waals surface area contributed by atoms with E-state index in [0.717, 1.165) is 6.42 Å². The Morgan fingerprint density at radius 1 is 1.33 bits per heavy atom. The Bertz CT molecular complexity index is 614. The largest absolute Gasteiger partial charge is 0.454 e. The molecule has 0 aliphatic carbocycles. The van der Waals surface area contributed by atoms with Crippen molar-refractivity contribution in [3.8, 4) is 11.5 Å². The molecule has 1 aliphatic heterocycles. The van der Waals surface area contributed by atoms with Crippen LogP contribution < -0.4 is 20.1 Å². The lowest BCUT2D eigenvalue weighted by Crippen LogP contribution is -2.30. The number of hydrogen-bond donors (Lipinski definition) is 2. The normalized spacial score (nSPS) is 12.2. The number of aromatic nitrogens is 3. The number of carbonyl (C=O) groups excluding carboxylic acids is 1. The van der Waals surface area contributed by atoms with Gasteiger partial charge in [0.15, 0.2) is 11.5 Å². The molecular formula is C13H15N5O3. The molecule has 0 radical (unpaired) electrons. The highest BCUT2D eigenvalue weighted by molar-refractivity contribution is 5.89. The fourth-order valence-corrected chi connectivity index (χ4v) is 1.94. The van der Waals surface area contributed by atoms with Crippen molar-refractivity contribution >= 4 is 11.7 Å². The molecule has 3 rings (SSSR count). The van der Waals surface area contributed by atoms with E-state index in [2.05, 4.69) is 20.9 Å². The van der Waals surface area contributed by atoms with E-state index < -0.39 is 0 Å². The summed E-state index contributed by atoms with van der Waals surface area (Å²) in [6, 6.07) is 5.01. The molecule has 0 saturated carbocycles. The second kappa shape index (κ2) is 6.12. The average molecular weight is 289 g/mol. The predicted octanol–water partition coefficient (Wildman–Crippen LogP) is 1.22. The Kier molecular flexibility index (Phi) is 3.85. The minimum absolute atomic E-state index is 0.216. The average Bonchev–Trinajstić information content (AvgIpc) is 3.14. The molecule has 1 aromatic carbocycles. The van der Waals surface area contributed by atoms with Crippen molar-refractivity contribution in [3.63, 3.8) is 0 Å². The summed E-state index contributed by atoms with van der Waals surface area (Å²) in [5.41, 5.74) is 0.660. The molecule has 0 spiro atoms. The van der Waals surface area contributed by atoms with E-state index in [-0.39, 0.29) is 12.8 Å². The highest BCUT2D eigenvalue weighted by Crippen LogP contribution is 2.34. The summed E-state index contributed by atoms with van der Waals surface area (Å²) in [5, 5.41) is 13.1. The van der Waals surface area contributed by atoms with Crippen molar-refractivity contribution < 1.29 is 14.3 Å². The maximum Gasteiger partial charge on any atom is 0.319 e. The maximum absolute atomic E-state index is 11.7. The van der Waals surface area contributed by atoms with Crippen molar-refractivity contribution in [2.75, 3.05) is 18.7 Å². The first-order valence-corrected chi connectivity index (χ1v) is 6.60. The Labute approximate surface area is 121 Å². The lowest BCUT2D eigenvalue weighted by atomic mass is 10.3. The molecule has 2 heterocycles. The number of rotatable bonds is 5. The van der Waals surface area contributed by atoms with Crippen molar-refractivity contribution in [3.05, 3.63) is 30.6 Å². The molecule has 0 unspecified atom stereocenters. The monoisotopic (exact) mass is 289 g/mol. The number of hydrogen-bond acceptors (Lipinski definition) is 5. The van der Waals surface area contributed by atoms with Gasteiger partial charge in [0.2, 0.25) is 6.79 Å². The quantitative estimate of drug-likeness (QED) is 0.808. The summed E-state index contributed by atoms with van der Waals surface area (Å²) < 4.78 is 12.2. The Morgan fingerprint density at radius 2 is 2.24 bits per heavy atom. The summed E-state index contributed by atoms with van der Waals surface area (Å²) in [6.07, 6.45) is 4.18. The van der Waals surface area contributed by atoms with Gasteiger partial charge in [0.1, 0.15) is 0 Å². The Balaban J connectivity index is 1.41. The highest BCUT2D eigenvalue weighted by atomic mass is 16.7. The molecule has 0 fully saturated rings. The smallest absolute Gasteiger partial charge is 0.319 e. The van der Waals surface area contributed by atoms with Crippen molar-refractivity contribution in [2.24, 2.45) is 0 Å². The third-order valence-electron chi connectivity index (χ3n) is 2.95. The molecule has 1 aromatic heterocycles. The van der Waals surface area contributed by atoms with E-state index in [1.807, 2.05) is 0 Å². The number of anilines is 1. The molecule has 110 valence electrons. The zero-order valence-corrected chi connectivity index (χ0v) is 11.3. The number of nitrogens with one attached hydrogen (secondary N) is 2. The van der Waals surface area contributed by atoms with Gasteiger partial charge in [0, 0.05) is 31.0 Å². The summed E-state index contributed by atoms with van der Waals surface area (Å²) in [6.45, 7) is 1.48. The minimum Gasteiger partial charge on any atom is -0.454 e. The van der Waals surface area contributed by atoms with Crippen LogP contribution in [-0.2, 0) is 6.54 Å². The zero-order chi connectivity index (χ0) is 14.5. The number of benzene rings is 1. The van der Waals surface area contributed by atoms with Crippen LogP contribution in [0.25, 0.3) is 0 Å². The topological polar surface area (TPSA) is 90.3 Å².